The lowest BCUT2D eigenvalue weighted by Gasteiger charge is -2.33. The van der Waals surface area contributed by atoms with E-state index >= 15 is 0 Å². The maximum Gasteiger partial charge on any atom is 0.276 e. The van der Waals surface area contributed by atoms with Crippen molar-refractivity contribution < 1.29 is 23.6 Å². The number of likely N-dealkylation sites (N-methyl/N-ethyl adjacent to an activating group) is 1. The van der Waals surface area contributed by atoms with Crippen LogP contribution in [0.2, 0.25) is 0 Å². The van der Waals surface area contributed by atoms with Crippen molar-refractivity contribution in [3.05, 3.63) is 36.0 Å². The second kappa shape index (κ2) is 10.9. The van der Waals surface area contributed by atoms with Gasteiger partial charge in [-0.05, 0) is 19.2 Å². The van der Waals surface area contributed by atoms with Gasteiger partial charge in [0.25, 0.3) is 5.91 Å². The second-order valence-electron chi connectivity index (χ2n) is 7.50. The fourth-order valence-electron chi connectivity index (χ4n) is 3.47. The summed E-state index contributed by atoms with van der Waals surface area (Å²) in [6.45, 7) is 4.18. The zero-order valence-electron chi connectivity index (χ0n) is 18.4. The van der Waals surface area contributed by atoms with Crippen molar-refractivity contribution in [1.82, 2.24) is 19.9 Å². The molecule has 2 aromatic rings. The van der Waals surface area contributed by atoms with Crippen molar-refractivity contribution in [2.45, 2.75) is 6.42 Å². The van der Waals surface area contributed by atoms with Gasteiger partial charge in [-0.2, -0.15) is 0 Å². The topological polar surface area (TPSA) is 88.4 Å². The molecule has 0 aliphatic carbocycles. The van der Waals surface area contributed by atoms with Gasteiger partial charge in [-0.25, -0.2) is 0 Å². The zero-order chi connectivity index (χ0) is 22.2. The lowest BCUT2D eigenvalue weighted by molar-refractivity contribution is -0.133. The number of methoxy groups -OCH3 is 2. The van der Waals surface area contributed by atoms with Gasteiger partial charge in [0, 0.05) is 58.9 Å². The number of hydrogen-bond acceptors (Lipinski definition) is 7. The summed E-state index contributed by atoms with van der Waals surface area (Å²) in [4.78, 5) is 31.3. The molecule has 0 radical (unpaired) electrons. The predicted octanol–water partition coefficient (Wildman–Crippen LogP) is 1.60. The number of hydrogen-bond donors (Lipinski definition) is 0. The van der Waals surface area contributed by atoms with Crippen LogP contribution < -0.4 is 4.74 Å². The minimum absolute atomic E-state index is 0.0539. The fourth-order valence-corrected chi connectivity index (χ4v) is 3.47. The van der Waals surface area contributed by atoms with Crippen LogP contribution in [0, 0.1) is 0 Å². The van der Waals surface area contributed by atoms with Crippen LogP contribution in [0.15, 0.2) is 34.9 Å². The summed E-state index contributed by atoms with van der Waals surface area (Å²) in [5.74, 6) is 0.832. The first-order valence-corrected chi connectivity index (χ1v) is 10.4. The Morgan fingerprint density at radius 3 is 2.58 bits per heavy atom. The molecule has 1 aromatic carbocycles. The van der Waals surface area contributed by atoms with Crippen LogP contribution in [0.3, 0.4) is 0 Å². The van der Waals surface area contributed by atoms with Gasteiger partial charge in [-0.15, -0.1) is 0 Å². The standard InChI is InChI=1S/C22H30N4O5/c1-24-10-12-25(13-11-24)21(27)8-9-26(14-15-29-2)22(28)18-16-20(31-23-18)17-6-4-5-7-19(17)30-3/h4-7,16H,8-15H2,1-3H3. The molecule has 0 saturated carbocycles. The molecule has 1 fully saturated rings. The molecule has 9 nitrogen and oxygen atoms in total. The molecule has 0 unspecified atom stereocenters. The van der Waals surface area contributed by atoms with E-state index in [1.54, 1.807) is 25.2 Å². The van der Waals surface area contributed by atoms with Gasteiger partial charge in [0.1, 0.15) is 5.75 Å². The molecule has 1 aliphatic heterocycles. The lowest BCUT2D eigenvalue weighted by atomic mass is 10.1. The number of carbonyl (C=O) groups excluding carboxylic acids is 2. The number of benzene rings is 1. The lowest BCUT2D eigenvalue weighted by Crippen LogP contribution is -2.48. The summed E-state index contributed by atoms with van der Waals surface area (Å²) in [6.07, 6.45) is 0.260. The van der Waals surface area contributed by atoms with E-state index in [0.29, 0.717) is 49.9 Å². The third-order valence-electron chi connectivity index (χ3n) is 5.41. The normalized spacial score (nSPS) is 14.5. The van der Waals surface area contributed by atoms with Crippen molar-refractivity contribution in [2.75, 3.05) is 67.1 Å². The zero-order valence-corrected chi connectivity index (χ0v) is 18.4. The van der Waals surface area contributed by atoms with Gasteiger partial charge in [-0.1, -0.05) is 17.3 Å². The molecule has 1 aromatic heterocycles. The minimum atomic E-state index is -0.298. The maximum absolute atomic E-state index is 13.1. The van der Waals surface area contributed by atoms with Crippen LogP contribution in [-0.2, 0) is 9.53 Å². The first kappa shape index (κ1) is 22.8. The van der Waals surface area contributed by atoms with Crippen LogP contribution in [0.25, 0.3) is 11.3 Å². The van der Waals surface area contributed by atoms with E-state index in [2.05, 4.69) is 10.1 Å². The molecule has 0 bridgehead atoms. The molecular formula is C22H30N4O5. The highest BCUT2D eigenvalue weighted by Crippen LogP contribution is 2.30. The number of amides is 2. The average molecular weight is 431 g/mol. The first-order chi connectivity index (χ1) is 15.0. The summed E-state index contributed by atoms with van der Waals surface area (Å²) in [5, 5.41) is 3.96. The van der Waals surface area contributed by atoms with E-state index in [0.717, 1.165) is 13.1 Å². The minimum Gasteiger partial charge on any atom is -0.496 e. The molecule has 1 aliphatic rings. The molecule has 31 heavy (non-hydrogen) atoms. The Kier molecular flexibility index (Phi) is 8.02. The van der Waals surface area contributed by atoms with Crippen LogP contribution in [-0.4, -0.2) is 98.8 Å². The van der Waals surface area contributed by atoms with Crippen LogP contribution in [0.1, 0.15) is 16.9 Å². The Morgan fingerprint density at radius 1 is 1.13 bits per heavy atom. The summed E-state index contributed by atoms with van der Waals surface area (Å²) in [7, 11) is 5.20. The van der Waals surface area contributed by atoms with E-state index in [1.165, 1.54) is 0 Å². The van der Waals surface area contributed by atoms with Crippen LogP contribution in [0.4, 0.5) is 0 Å². The van der Waals surface area contributed by atoms with Gasteiger partial charge in [-0.3, -0.25) is 9.59 Å². The second-order valence-corrected chi connectivity index (χ2v) is 7.50. The van der Waals surface area contributed by atoms with E-state index in [4.69, 9.17) is 14.0 Å². The van der Waals surface area contributed by atoms with Gasteiger partial charge in [0.15, 0.2) is 11.5 Å². The molecule has 2 amide bonds. The van der Waals surface area contributed by atoms with Crippen molar-refractivity contribution in [3.63, 3.8) is 0 Å². The molecule has 2 heterocycles. The Labute approximate surface area is 182 Å². The summed E-state index contributed by atoms with van der Waals surface area (Å²) < 4.78 is 15.9. The highest BCUT2D eigenvalue weighted by Gasteiger charge is 2.24. The van der Waals surface area contributed by atoms with Crippen molar-refractivity contribution in [3.8, 4) is 17.1 Å². The molecule has 1 saturated heterocycles. The Bertz CT molecular complexity index is 876. The molecule has 168 valence electrons. The third-order valence-corrected chi connectivity index (χ3v) is 5.41. The highest BCUT2D eigenvalue weighted by molar-refractivity contribution is 5.93. The van der Waals surface area contributed by atoms with Gasteiger partial charge < -0.3 is 28.7 Å². The SMILES string of the molecule is COCCN(CCC(=O)N1CCN(C)CC1)C(=O)c1cc(-c2ccccc2OC)on1. The monoisotopic (exact) mass is 430 g/mol. The molecule has 9 heteroatoms. The Hall–Kier alpha value is -2.91. The van der Waals surface area contributed by atoms with E-state index in [-0.39, 0.29) is 23.9 Å². The largest absolute Gasteiger partial charge is 0.496 e. The summed E-state index contributed by atoms with van der Waals surface area (Å²) in [5.41, 5.74) is 0.897. The van der Waals surface area contributed by atoms with Crippen LogP contribution >= 0.6 is 0 Å². The predicted molar refractivity (Wildman–Crippen MR) is 115 cm³/mol. The number of aromatic nitrogens is 1. The number of rotatable bonds is 9. The van der Waals surface area contributed by atoms with Gasteiger partial charge in [0.2, 0.25) is 5.91 Å². The smallest absolute Gasteiger partial charge is 0.276 e. The number of ether oxygens (including phenoxy) is 2. The summed E-state index contributed by atoms with van der Waals surface area (Å²) >= 11 is 0. The number of piperazine rings is 1. The molecule has 0 spiro atoms. The molecule has 0 atom stereocenters. The Morgan fingerprint density at radius 2 is 1.87 bits per heavy atom. The van der Waals surface area contributed by atoms with E-state index in [9.17, 15) is 9.59 Å². The van der Waals surface area contributed by atoms with Crippen molar-refractivity contribution >= 4 is 11.8 Å². The number of carbonyl (C=O) groups is 2. The van der Waals surface area contributed by atoms with Crippen molar-refractivity contribution in [2.24, 2.45) is 0 Å². The summed E-state index contributed by atoms with van der Waals surface area (Å²) in [6, 6.07) is 8.97. The molecule has 0 N–H and O–H groups in total. The first-order valence-electron chi connectivity index (χ1n) is 10.4. The fraction of sp³-hybridized carbons (Fsp3) is 0.500. The highest BCUT2D eigenvalue weighted by atomic mass is 16.5. The van der Waals surface area contributed by atoms with E-state index in [1.807, 2.05) is 36.2 Å². The van der Waals surface area contributed by atoms with E-state index < -0.39 is 0 Å². The molecule has 3 rings (SSSR count). The molecular weight excluding hydrogens is 400 g/mol. The van der Waals surface area contributed by atoms with Crippen LogP contribution in [0.5, 0.6) is 5.75 Å². The number of nitrogens with zero attached hydrogens (tertiary/aromatic N) is 4. The number of para-hydroxylation sites is 1. The third kappa shape index (κ3) is 5.83. The quantitative estimate of drug-likeness (QED) is 0.597. The average Bonchev–Trinajstić information content (AvgIpc) is 3.29. The Balaban J connectivity index is 1.67. The van der Waals surface area contributed by atoms with Gasteiger partial charge >= 0.3 is 0 Å². The van der Waals surface area contributed by atoms with Gasteiger partial charge in [0.05, 0.1) is 19.3 Å². The van der Waals surface area contributed by atoms with Crippen molar-refractivity contribution in [1.29, 1.82) is 0 Å². The maximum atomic E-state index is 13.1.